The summed E-state index contributed by atoms with van der Waals surface area (Å²) in [6.45, 7) is 0. The van der Waals surface area contributed by atoms with Crippen molar-refractivity contribution in [2.24, 2.45) is 0 Å². The Labute approximate surface area is 332 Å². The smallest absolute Gasteiger partial charge is 0.164 e. The molecule has 0 spiro atoms. The zero-order valence-corrected chi connectivity index (χ0v) is 31.4. The summed E-state index contributed by atoms with van der Waals surface area (Å²) in [5.74, 6) is 1.84. The average molecular weight is 749 g/mol. The number of aromatic nitrogens is 3. The van der Waals surface area contributed by atoms with E-state index in [2.05, 4.69) is 132 Å². The summed E-state index contributed by atoms with van der Waals surface area (Å²) in [5.41, 5.74) is 9.80. The van der Waals surface area contributed by atoms with Gasteiger partial charge in [-0.25, -0.2) is 15.0 Å². The second-order valence-electron chi connectivity index (χ2n) is 14.1. The molecule has 0 unspecified atom stereocenters. The van der Waals surface area contributed by atoms with E-state index in [0.29, 0.717) is 17.5 Å². The molecule has 8 aromatic carbocycles. The van der Waals surface area contributed by atoms with Gasteiger partial charge in [-0.1, -0.05) is 127 Å². The highest BCUT2D eigenvalue weighted by molar-refractivity contribution is 7.25. The van der Waals surface area contributed by atoms with E-state index in [-0.39, 0.29) is 0 Å². The van der Waals surface area contributed by atoms with Crippen molar-refractivity contribution in [1.82, 2.24) is 15.0 Å². The lowest BCUT2D eigenvalue weighted by atomic mass is 10.0. The molecule has 0 fully saturated rings. The summed E-state index contributed by atoms with van der Waals surface area (Å²) in [5, 5.41) is 4.60. The van der Waals surface area contributed by atoms with Crippen LogP contribution in [0.15, 0.2) is 199 Å². The minimum absolute atomic E-state index is 0.590. The minimum Gasteiger partial charge on any atom is -0.456 e. The number of hydrogen-bond donors (Lipinski definition) is 0. The van der Waals surface area contributed by atoms with E-state index in [9.17, 15) is 0 Å². The van der Waals surface area contributed by atoms with Crippen molar-refractivity contribution in [2.75, 3.05) is 4.90 Å². The third-order valence-electron chi connectivity index (χ3n) is 10.5. The SMILES string of the molecule is c1ccc(-c2ccc(N(c3ccc4c(c3)oc3cc(-c5nc(-c6ccccc6)nc(-c6ccccc6)n5)ccc34)c3ccc4sc5ccccc5c4c3)cc2)cc1. The molecule has 268 valence electrons. The third-order valence-corrected chi connectivity index (χ3v) is 11.7. The van der Waals surface area contributed by atoms with Crippen LogP contribution in [0.5, 0.6) is 0 Å². The quantitative estimate of drug-likeness (QED) is 0.162. The Morgan fingerprint density at radius 3 is 1.49 bits per heavy atom. The maximum Gasteiger partial charge on any atom is 0.164 e. The van der Waals surface area contributed by atoms with Crippen molar-refractivity contribution < 1.29 is 4.42 Å². The summed E-state index contributed by atoms with van der Waals surface area (Å²) >= 11 is 1.83. The summed E-state index contributed by atoms with van der Waals surface area (Å²) in [4.78, 5) is 17.1. The number of nitrogens with zero attached hydrogens (tertiary/aromatic N) is 4. The molecule has 0 amide bonds. The molecule has 0 radical (unpaired) electrons. The molecule has 5 nitrogen and oxygen atoms in total. The zero-order valence-electron chi connectivity index (χ0n) is 30.6. The predicted octanol–water partition coefficient (Wildman–Crippen LogP) is 14.3. The molecule has 0 aliphatic heterocycles. The van der Waals surface area contributed by atoms with Crippen LogP contribution >= 0.6 is 11.3 Å². The van der Waals surface area contributed by atoms with Gasteiger partial charge in [-0.15, -0.1) is 11.3 Å². The Morgan fingerprint density at radius 2 is 0.807 bits per heavy atom. The first-order valence-corrected chi connectivity index (χ1v) is 19.7. The zero-order chi connectivity index (χ0) is 37.7. The van der Waals surface area contributed by atoms with Crippen molar-refractivity contribution in [3.8, 4) is 45.3 Å². The highest BCUT2D eigenvalue weighted by Gasteiger charge is 2.19. The number of anilines is 3. The maximum absolute atomic E-state index is 6.70. The first-order chi connectivity index (χ1) is 28.2. The molecule has 57 heavy (non-hydrogen) atoms. The summed E-state index contributed by atoms with van der Waals surface area (Å²) < 4.78 is 9.26. The standard InChI is InChI=1S/C51H32N4OS/c1-4-12-33(13-5-1)34-20-23-38(24-21-34)55(39-26-29-48-44(31-39)43-18-10-11-19-47(43)57-48)40-25-28-42-41-27-22-37(30-45(41)56-46(42)32-40)51-53-49(35-14-6-2-7-15-35)52-50(54-51)36-16-8-3-9-17-36/h1-32H. The van der Waals surface area contributed by atoms with Gasteiger partial charge >= 0.3 is 0 Å². The Balaban J connectivity index is 1.03. The minimum atomic E-state index is 0.590. The number of fused-ring (bicyclic) bond motifs is 6. The van der Waals surface area contributed by atoms with E-state index in [4.69, 9.17) is 19.4 Å². The van der Waals surface area contributed by atoms with Crippen LogP contribution < -0.4 is 4.90 Å². The molecular formula is C51H32N4OS. The van der Waals surface area contributed by atoms with Crippen molar-refractivity contribution in [1.29, 1.82) is 0 Å². The Morgan fingerprint density at radius 1 is 0.333 bits per heavy atom. The van der Waals surface area contributed by atoms with E-state index in [1.54, 1.807) is 0 Å². The molecule has 0 saturated carbocycles. The number of hydrogen-bond acceptors (Lipinski definition) is 6. The topological polar surface area (TPSA) is 55.1 Å². The second-order valence-corrected chi connectivity index (χ2v) is 15.1. The summed E-state index contributed by atoms with van der Waals surface area (Å²) in [6, 6.07) is 67.6. The highest BCUT2D eigenvalue weighted by Crippen LogP contribution is 2.43. The van der Waals surface area contributed by atoms with Crippen molar-refractivity contribution in [3.05, 3.63) is 194 Å². The van der Waals surface area contributed by atoms with Gasteiger partial charge in [-0.3, -0.25) is 0 Å². The van der Waals surface area contributed by atoms with E-state index in [1.807, 2.05) is 78.1 Å². The van der Waals surface area contributed by atoms with E-state index in [0.717, 1.165) is 55.7 Å². The molecule has 0 bridgehead atoms. The van der Waals surface area contributed by atoms with Crippen LogP contribution in [0.2, 0.25) is 0 Å². The fraction of sp³-hybridized carbons (Fsp3) is 0. The molecular weight excluding hydrogens is 717 g/mol. The summed E-state index contributed by atoms with van der Waals surface area (Å²) in [7, 11) is 0. The lowest BCUT2D eigenvalue weighted by molar-refractivity contribution is 0.669. The molecule has 0 aliphatic carbocycles. The molecule has 0 atom stereocenters. The Kier molecular flexibility index (Phi) is 7.93. The van der Waals surface area contributed by atoms with Gasteiger partial charge in [-0.05, 0) is 71.8 Å². The lowest BCUT2D eigenvalue weighted by Gasteiger charge is -2.26. The largest absolute Gasteiger partial charge is 0.456 e. The monoisotopic (exact) mass is 748 g/mol. The molecule has 3 aromatic heterocycles. The Hall–Kier alpha value is -7.41. The highest BCUT2D eigenvalue weighted by atomic mass is 32.1. The molecule has 0 aliphatic rings. The van der Waals surface area contributed by atoms with Gasteiger partial charge in [0.05, 0.1) is 0 Å². The van der Waals surface area contributed by atoms with Gasteiger partial charge < -0.3 is 9.32 Å². The molecule has 11 rings (SSSR count). The van der Waals surface area contributed by atoms with Crippen molar-refractivity contribution in [2.45, 2.75) is 0 Å². The van der Waals surface area contributed by atoms with Crippen LogP contribution in [0.25, 0.3) is 87.4 Å². The van der Waals surface area contributed by atoms with Crippen LogP contribution in [0.3, 0.4) is 0 Å². The third kappa shape index (κ3) is 6.00. The van der Waals surface area contributed by atoms with Gasteiger partial charge in [0.1, 0.15) is 11.2 Å². The molecule has 6 heteroatoms. The Bertz CT molecular complexity index is 3170. The van der Waals surface area contributed by atoms with Gasteiger partial charge in [0, 0.05) is 70.8 Å². The molecule has 0 N–H and O–H groups in total. The maximum atomic E-state index is 6.70. The number of furan rings is 1. The van der Waals surface area contributed by atoms with Crippen LogP contribution in [0.4, 0.5) is 17.1 Å². The summed E-state index contributed by atoms with van der Waals surface area (Å²) in [6.07, 6.45) is 0. The molecule has 11 aromatic rings. The van der Waals surface area contributed by atoms with Crippen molar-refractivity contribution >= 4 is 70.5 Å². The normalized spacial score (nSPS) is 11.5. The number of benzene rings is 8. The van der Waals surface area contributed by atoms with Gasteiger partial charge in [0.15, 0.2) is 17.5 Å². The van der Waals surface area contributed by atoms with E-state index < -0.39 is 0 Å². The van der Waals surface area contributed by atoms with Crippen LogP contribution in [-0.2, 0) is 0 Å². The van der Waals surface area contributed by atoms with Gasteiger partial charge in [-0.2, -0.15) is 0 Å². The first kappa shape index (κ1) is 33.0. The predicted molar refractivity (Wildman–Crippen MR) is 236 cm³/mol. The van der Waals surface area contributed by atoms with E-state index >= 15 is 0 Å². The number of thiophene rings is 1. The van der Waals surface area contributed by atoms with Gasteiger partial charge in [0.25, 0.3) is 0 Å². The lowest BCUT2D eigenvalue weighted by Crippen LogP contribution is -2.09. The fourth-order valence-corrected chi connectivity index (χ4v) is 8.80. The first-order valence-electron chi connectivity index (χ1n) is 18.9. The van der Waals surface area contributed by atoms with Gasteiger partial charge in [0.2, 0.25) is 0 Å². The molecule has 0 saturated heterocycles. The van der Waals surface area contributed by atoms with E-state index in [1.165, 1.54) is 31.3 Å². The van der Waals surface area contributed by atoms with Crippen LogP contribution in [-0.4, -0.2) is 15.0 Å². The number of rotatable bonds is 7. The molecule has 3 heterocycles. The van der Waals surface area contributed by atoms with Crippen molar-refractivity contribution in [3.63, 3.8) is 0 Å². The average Bonchev–Trinajstić information content (AvgIpc) is 3.85. The van der Waals surface area contributed by atoms with Crippen LogP contribution in [0.1, 0.15) is 0 Å². The second kappa shape index (κ2) is 13.7. The van der Waals surface area contributed by atoms with Crippen LogP contribution in [0, 0.1) is 0 Å². The fourth-order valence-electron chi connectivity index (χ4n) is 7.72.